The number of benzene rings is 2. The van der Waals surface area contributed by atoms with Gasteiger partial charge in [-0.3, -0.25) is 0 Å². The van der Waals surface area contributed by atoms with E-state index in [0.717, 1.165) is 24.8 Å². The molecule has 0 aliphatic heterocycles. The van der Waals surface area contributed by atoms with Crippen LogP contribution in [0.4, 0.5) is 0 Å². The summed E-state index contributed by atoms with van der Waals surface area (Å²) in [4.78, 5) is 4.67. The summed E-state index contributed by atoms with van der Waals surface area (Å²) in [5.41, 5.74) is 2.25. The average Bonchev–Trinajstić information content (AvgIpc) is 2.68. The molecule has 0 aliphatic rings. The Kier molecular flexibility index (Phi) is 10.5. The lowest BCUT2D eigenvalue weighted by Gasteiger charge is -2.12. The summed E-state index contributed by atoms with van der Waals surface area (Å²) >= 11 is 23.6. The van der Waals surface area contributed by atoms with E-state index in [9.17, 15) is 0 Å². The maximum Gasteiger partial charge on any atom is 0.156 e. The molecule has 0 heterocycles. The lowest BCUT2D eigenvalue weighted by Crippen LogP contribution is -2.00. The first-order valence-electron chi connectivity index (χ1n) is 8.91. The summed E-state index contributed by atoms with van der Waals surface area (Å²) in [5, 5.41) is 4.53. The van der Waals surface area contributed by atoms with Crippen molar-refractivity contribution in [3.8, 4) is 11.5 Å². The molecular weight excluding hydrogens is 456 g/mol. The largest absolute Gasteiger partial charge is 0.490 e. The van der Waals surface area contributed by atoms with Crippen LogP contribution in [0.5, 0.6) is 11.5 Å². The molecular formula is C21H21Cl4NO3. The maximum atomic E-state index is 6.26. The van der Waals surface area contributed by atoms with Gasteiger partial charge in [-0.1, -0.05) is 75.8 Å². The van der Waals surface area contributed by atoms with Crippen molar-refractivity contribution in [1.82, 2.24) is 0 Å². The number of nitrogens with zero attached hydrogens (tertiary/aromatic N) is 1. The Morgan fingerprint density at radius 2 is 1.69 bits per heavy atom. The zero-order chi connectivity index (χ0) is 21.1. The lowest BCUT2D eigenvalue weighted by atomic mass is 10.1. The predicted molar refractivity (Wildman–Crippen MR) is 121 cm³/mol. The van der Waals surface area contributed by atoms with E-state index in [1.807, 2.05) is 12.1 Å². The van der Waals surface area contributed by atoms with Crippen molar-refractivity contribution in [2.75, 3.05) is 20.3 Å². The number of halogens is 4. The predicted octanol–water partition coefficient (Wildman–Crippen LogP) is 7.07. The average molecular weight is 477 g/mol. The van der Waals surface area contributed by atoms with E-state index in [4.69, 9.17) is 55.9 Å². The number of rotatable bonds is 11. The standard InChI is InChI=1S/C21H21Cl4NO3/c1-27-26-14-16-7-5-15(6-8-16)4-2-3-10-29-21-18(22)12-17(13-19(21)23)28-11-9-20(24)25/h5-9,12-14H,2-4,10-11H2,1H3/b26-14+. The van der Waals surface area contributed by atoms with Gasteiger partial charge in [0.05, 0.1) is 22.9 Å². The van der Waals surface area contributed by atoms with Crippen LogP contribution < -0.4 is 9.47 Å². The number of ether oxygens (including phenoxy) is 2. The van der Waals surface area contributed by atoms with Crippen LogP contribution in [0.2, 0.25) is 10.0 Å². The van der Waals surface area contributed by atoms with E-state index in [1.54, 1.807) is 18.3 Å². The number of aryl methyl sites for hydroxylation is 1. The molecule has 0 aromatic heterocycles. The normalized spacial score (nSPS) is 10.8. The van der Waals surface area contributed by atoms with Crippen molar-refractivity contribution in [3.63, 3.8) is 0 Å². The highest BCUT2D eigenvalue weighted by Gasteiger charge is 2.10. The second-order valence-electron chi connectivity index (χ2n) is 5.99. The van der Waals surface area contributed by atoms with Crippen LogP contribution in [0, 0.1) is 0 Å². The molecule has 0 aliphatic carbocycles. The van der Waals surface area contributed by atoms with E-state index in [-0.39, 0.29) is 11.1 Å². The SMILES string of the molecule is CO/N=C/c1ccc(CCCCOc2c(Cl)cc(OCC=C(Cl)Cl)cc2Cl)cc1. The van der Waals surface area contributed by atoms with Crippen LogP contribution in [0.3, 0.4) is 0 Å². The molecule has 0 radical (unpaired) electrons. The van der Waals surface area contributed by atoms with Gasteiger partial charge < -0.3 is 14.3 Å². The molecule has 29 heavy (non-hydrogen) atoms. The molecule has 0 N–H and O–H groups in total. The quantitative estimate of drug-likeness (QED) is 0.197. The topological polar surface area (TPSA) is 40.0 Å². The second kappa shape index (κ2) is 12.9. The first-order valence-corrected chi connectivity index (χ1v) is 10.4. The van der Waals surface area contributed by atoms with Gasteiger partial charge in [0, 0.05) is 12.1 Å². The molecule has 2 rings (SSSR count). The molecule has 4 nitrogen and oxygen atoms in total. The molecule has 0 amide bonds. The number of hydrogen-bond acceptors (Lipinski definition) is 4. The lowest BCUT2D eigenvalue weighted by molar-refractivity contribution is 0.215. The highest BCUT2D eigenvalue weighted by Crippen LogP contribution is 2.37. The van der Waals surface area contributed by atoms with Crippen LogP contribution >= 0.6 is 46.4 Å². The summed E-state index contributed by atoms with van der Waals surface area (Å²) in [7, 11) is 1.52. The van der Waals surface area contributed by atoms with Gasteiger partial charge in [-0.05, 0) is 36.5 Å². The third kappa shape index (κ3) is 8.75. The van der Waals surface area contributed by atoms with E-state index < -0.39 is 0 Å². The fourth-order valence-corrected chi connectivity index (χ4v) is 3.15. The third-order valence-electron chi connectivity index (χ3n) is 3.85. The van der Waals surface area contributed by atoms with Crippen molar-refractivity contribution in [3.05, 3.63) is 68.1 Å². The molecule has 0 unspecified atom stereocenters. The molecule has 0 saturated heterocycles. The Bertz CT molecular complexity index is 811. The summed E-state index contributed by atoms with van der Waals surface area (Å²) in [6, 6.07) is 11.5. The zero-order valence-corrected chi connectivity index (χ0v) is 18.9. The van der Waals surface area contributed by atoms with Gasteiger partial charge in [-0.2, -0.15) is 0 Å². The van der Waals surface area contributed by atoms with Crippen LogP contribution in [0.25, 0.3) is 0 Å². The van der Waals surface area contributed by atoms with Crippen molar-refractivity contribution in [2.45, 2.75) is 19.3 Å². The molecule has 0 saturated carbocycles. The summed E-state index contributed by atoms with van der Waals surface area (Å²) in [6.07, 6.45) is 6.00. The van der Waals surface area contributed by atoms with Gasteiger partial charge in [0.15, 0.2) is 5.75 Å². The van der Waals surface area contributed by atoms with Gasteiger partial charge in [0.25, 0.3) is 0 Å². The number of oxime groups is 1. The van der Waals surface area contributed by atoms with E-state index in [1.165, 1.54) is 18.7 Å². The fraction of sp³-hybridized carbons (Fsp3) is 0.286. The minimum absolute atomic E-state index is 0.137. The minimum Gasteiger partial charge on any atom is -0.490 e. The molecule has 0 atom stereocenters. The summed E-state index contributed by atoms with van der Waals surface area (Å²) < 4.78 is 11.4. The third-order valence-corrected chi connectivity index (χ3v) is 4.72. The van der Waals surface area contributed by atoms with Crippen molar-refractivity contribution >= 4 is 52.6 Å². The Balaban J connectivity index is 1.77. The van der Waals surface area contributed by atoms with Crippen molar-refractivity contribution in [1.29, 1.82) is 0 Å². The highest BCUT2D eigenvalue weighted by molar-refractivity contribution is 6.55. The van der Waals surface area contributed by atoms with Crippen LogP contribution in [-0.2, 0) is 11.3 Å². The van der Waals surface area contributed by atoms with Crippen molar-refractivity contribution < 1.29 is 14.3 Å². The van der Waals surface area contributed by atoms with Crippen LogP contribution in [0.1, 0.15) is 24.0 Å². The molecule has 2 aromatic rings. The summed E-state index contributed by atoms with van der Waals surface area (Å²) in [6.45, 7) is 0.734. The first-order chi connectivity index (χ1) is 14.0. The second-order valence-corrected chi connectivity index (χ2v) is 7.81. The maximum absolute atomic E-state index is 6.26. The molecule has 2 aromatic carbocycles. The van der Waals surface area contributed by atoms with Gasteiger partial charge in [0.1, 0.15) is 24.0 Å². The van der Waals surface area contributed by atoms with Gasteiger partial charge >= 0.3 is 0 Å². The van der Waals surface area contributed by atoms with Gasteiger partial charge in [-0.25, -0.2) is 0 Å². The van der Waals surface area contributed by atoms with E-state index >= 15 is 0 Å². The molecule has 156 valence electrons. The van der Waals surface area contributed by atoms with E-state index in [0.29, 0.717) is 28.2 Å². The fourth-order valence-electron chi connectivity index (χ4n) is 2.45. The number of unbranched alkanes of at least 4 members (excludes halogenated alkanes) is 1. The highest BCUT2D eigenvalue weighted by atomic mass is 35.5. The number of hydrogen-bond donors (Lipinski definition) is 0. The van der Waals surface area contributed by atoms with Gasteiger partial charge in [-0.15, -0.1) is 0 Å². The molecule has 0 fully saturated rings. The van der Waals surface area contributed by atoms with Crippen molar-refractivity contribution in [2.24, 2.45) is 5.16 Å². The minimum atomic E-state index is 0.137. The Labute approximate surface area is 190 Å². The molecule has 0 spiro atoms. The van der Waals surface area contributed by atoms with E-state index in [2.05, 4.69) is 22.1 Å². The Morgan fingerprint density at radius 3 is 2.31 bits per heavy atom. The Morgan fingerprint density at radius 1 is 1.00 bits per heavy atom. The smallest absolute Gasteiger partial charge is 0.156 e. The Hall–Kier alpha value is -1.59. The molecule has 8 heteroatoms. The van der Waals surface area contributed by atoms with Gasteiger partial charge in [0.2, 0.25) is 0 Å². The van der Waals surface area contributed by atoms with Crippen LogP contribution in [0.15, 0.2) is 52.1 Å². The summed E-state index contributed by atoms with van der Waals surface area (Å²) in [5.74, 6) is 0.963. The monoisotopic (exact) mass is 475 g/mol. The first kappa shape index (κ1) is 23.7. The van der Waals surface area contributed by atoms with Crippen LogP contribution in [-0.4, -0.2) is 26.5 Å². The zero-order valence-electron chi connectivity index (χ0n) is 15.8. The molecule has 0 bridgehead atoms.